The molecule has 0 bridgehead atoms. The van der Waals surface area contributed by atoms with E-state index in [4.69, 9.17) is 0 Å². The Balaban J connectivity index is 1.27. The zero-order valence-corrected chi connectivity index (χ0v) is 16.1. The summed E-state index contributed by atoms with van der Waals surface area (Å²) in [6.45, 7) is 0.249. The van der Waals surface area contributed by atoms with E-state index >= 15 is 0 Å². The molecule has 0 radical (unpaired) electrons. The predicted octanol–water partition coefficient (Wildman–Crippen LogP) is 2.79. The minimum atomic E-state index is -0.692. The second-order valence-corrected chi connectivity index (χ2v) is 7.97. The summed E-state index contributed by atoms with van der Waals surface area (Å²) < 4.78 is 0. The molecule has 9 heteroatoms. The molecule has 28 heavy (non-hydrogen) atoms. The number of hydrogen-bond donors (Lipinski definition) is 2. The molecular weight excluding hydrogens is 378 g/mol. The van der Waals surface area contributed by atoms with E-state index in [0.29, 0.717) is 24.4 Å². The van der Waals surface area contributed by atoms with Gasteiger partial charge in [-0.1, -0.05) is 12.8 Å². The summed E-state index contributed by atoms with van der Waals surface area (Å²) in [6.07, 6.45) is 7.37. The number of carbonyl (C=O) groups is 3. The minimum absolute atomic E-state index is 0.142. The maximum Gasteiger partial charge on any atom is 0.325 e. The first-order chi connectivity index (χ1) is 13.6. The lowest BCUT2D eigenvalue weighted by Crippen LogP contribution is -2.44. The fourth-order valence-electron chi connectivity index (χ4n) is 3.75. The van der Waals surface area contributed by atoms with Gasteiger partial charge in [-0.15, -0.1) is 11.3 Å². The van der Waals surface area contributed by atoms with E-state index in [1.807, 2.05) is 17.5 Å². The fraction of sp³-hybridized carbons (Fsp3) is 0.421. The smallest absolute Gasteiger partial charge is 0.323 e. The highest BCUT2D eigenvalue weighted by Crippen LogP contribution is 2.35. The van der Waals surface area contributed by atoms with Gasteiger partial charge in [0.2, 0.25) is 5.91 Å². The molecule has 146 valence electrons. The average Bonchev–Trinajstić information content (AvgIpc) is 3.40. The van der Waals surface area contributed by atoms with Gasteiger partial charge in [-0.25, -0.2) is 9.78 Å². The molecule has 1 aliphatic heterocycles. The Hall–Kier alpha value is -2.81. The quantitative estimate of drug-likeness (QED) is 0.727. The van der Waals surface area contributed by atoms with Crippen LogP contribution < -0.4 is 10.6 Å². The van der Waals surface area contributed by atoms with E-state index in [-0.39, 0.29) is 30.8 Å². The average molecular weight is 399 g/mol. The summed E-state index contributed by atoms with van der Waals surface area (Å²) in [6, 6.07) is 3.40. The van der Waals surface area contributed by atoms with Crippen LogP contribution in [0.2, 0.25) is 0 Å². The lowest BCUT2D eigenvalue weighted by molar-refractivity contribution is -0.131. The first-order valence-corrected chi connectivity index (χ1v) is 10.3. The Morgan fingerprint density at radius 1 is 1.32 bits per heavy atom. The van der Waals surface area contributed by atoms with Gasteiger partial charge < -0.3 is 10.6 Å². The summed E-state index contributed by atoms with van der Waals surface area (Å²) in [5, 5.41) is 8.00. The fourth-order valence-corrected chi connectivity index (χ4v) is 4.49. The van der Waals surface area contributed by atoms with Gasteiger partial charge in [0, 0.05) is 36.3 Å². The maximum atomic E-state index is 12.6. The Kier molecular flexibility index (Phi) is 5.08. The number of pyridine rings is 1. The normalized spacial score (nSPS) is 17.9. The number of aromatic nitrogens is 2. The third kappa shape index (κ3) is 3.62. The van der Waals surface area contributed by atoms with Crippen LogP contribution in [0.3, 0.4) is 0 Å². The van der Waals surface area contributed by atoms with Crippen LogP contribution in [-0.4, -0.2) is 44.8 Å². The predicted molar refractivity (Wildman–Crippen MR) is 105 cm³/mol. The largest absolute Gasteiger partial charge is 0.325 e. The summed E-state index contributed by atoms with van der Waals surface area (Å²) in [7, 11) is 0. The SMILES string of the molecule is O=C(CCCN1C(=O)NC2(CCCC2)C1=O)Nc1nc(-c2cccnc2)cs1. The number of hydrogen-bond acceptors (Lipinski definition) is 6. The Morgan fingerprint density at radius 2 is 2.14 bits per heavy atom. The molecule has 2 aliphatic rings. The molecule has 1 saturated carbocycles. The van der Waals surface area contributed by atoms with Gasteiger partial charge in [0.05, 0.1) is 5.69 Å². The van der Waals surface area contributed by atoms with Gasteiger partial charge in [0.1, 0.15) is 5.54 Å². The molecule has 1 spiro atoms. The number of anilines is 1. The van der Waals surface area contributed by atoms with Crippen LogP contribution in [0, 0.1) is 0 Å². The Morgan fingerprint density at radius 3 is 2.89 bits per heavy atom. The zero-order valence-electron chi connectivity index (χ0n) is 15.3. The van der Waals surface area contributed by atoms with Crippen molar-refractivity contribution < 1.29 is 14.4 Å². The van der Waals surface area contributed by atoms with Gasteiger partial charge in [0.15, 0.2) is 5.13 Å². The van der Waals surface area contributed by atoms with E-state index in [1.165, 1.54) is 16.2 Å². The molecule has 2 aromatic heterocycles. The van der Waals surface area contributed by atoms with Gasteiger partial charge in [-0.2, -0.15) is 0 Å². The van der Waals surface area contributed by atoms with Crippen LogP contribution in [0.4, 0.5) is 9.93 Å². The maximum absolute atomic E-state index is 12.6. The van der Waals surface area contributed by atoms with Crippen LogP contribution in [-0.2, 0) is 9.59 Å². The number of rotatable bonds is 6. The monoisotopic (exact) mass is 399 g/mol. The number of imide groups is 1. The highest BCUT2D eigenvalue weighted by Gasteiger charge is 2.51. The number of amides is 4. The van der Waals surface area contributed by atoms with Crippen LogP contribution in [0.1, 0.15) is 38.5 Å². The van der Waals surface area contributed by atoms with Crippen molar-refractivity contribution in [3.63, 3.8) is 0 Å². The summed E-state index contributed by atoms with van der Waals surface area (Å²) in [5.74, 6) is -0.328. The Labute approximate surface area is 166 Å². The van der Waals surface area contributed by atoms with Crippen molar-refractivity contribution in [3.05, 3.63) is 29.9 Å². The van der Waals surface area contributed by atoms with Gasteiger partial charge >= 0.3 is 6.03 Å². The van der Waals surface area contributed by atoms with Gasteiger partial charge in [-0.05, 0) is 31.4 Å². The van der Waals surface area contributed by atoms with Crippen molar-refractivity contribution >= 4 is 34.3 Å². The van der Waals surface area contributed by atoms with Gasteiger partial charge in [-0.3, -0.25) is 19.5 Å². The number of carbonyl (C=O) groups excluding carboxylic acids is 3. The molecule has 3 heterocycles. The molecule has 1 aliphatic carbocycles. The van der Waals surface area contributed by atoms with Crippen molar-refractivity contribution in [2.24, 2.45) is 0 Å². The van der Waals surface area contributed by atoms with E-state index in [9.17, 15) is 14.4 Å². The second kappa shape index (κ2) is 7.67. The molecule has 4 amide bonds. The van der Waals surface area contributed by atoms with E-state index in [0.717, 1.165) is 24.1 Å². The second-order valence-electron chi connectivity index (χ2n) is 7.11. The number of nitrogens with one attached hydrogen (secondary N) is 2. The first kappa shape index (κ1) is 18.5. The molecule has 0 aromatic carbocycles. The van der Waals surface area contributed by atoms with Crippen LogP contribution in [0.15, 0.2) is 29.9 Å². The van der Waals surface area contributed by atoms with Gasteiger partial charge in [0.25, 0.3) is 5.91 Å². The molecule has 0 unspecified atom stereocenters. The zero-order chi connectivity index (χ0) is 19.6. The minimum Gasteiger partial charge on any atom is -0.323 e. The number of urea groups is 1. The molecule has 2 N–H and O–H groups in total. The van der Waals surface area contributed by atoms with E-state index in [2.05, 4.69) is 20.6 Å². The van der Waals surface area contributed by atoms with Crippen molar-refractivity contribution in [1.29, 1.82) is 0 Å². The molecule has 4 rings (SSSR count). The molecule has 8 nitrogen and oxygen atoms in total. The van der Waals surface area contributed by atoms with Crippen LogP contribution in [0.25, 0.3) is 11.3 Å². The topological polar surface area (TPSA) is 104 Å². The summed E-state index contributed by atoms with van der Waals surface area (Å²) in [4.78, 5) is 46.6. The molecule has 1 saturated heterocycles. The van der Waals surface area contributed by atoms with E-state index in [1.54, 1.807) is 12.4 Å². The lowest BCUT2D eigenvalue weighted by Gasteiger charge is -2.19. The van der Waals surface area contributed by atoms with Crippen molar-refractivity contribution in [2.75, 3.05) is 11.9 Å². The van der Waals surface area contributed by atoms with Crippen molar-refractivity contribution in [3.8, 4) is 11.3 Å². The summed E-state index contributed by atoms with van der Waals surface area (Å²) >= 11 is 1.35. The third-order valence-corrected chi connectivity index (χ3v) is 5.95. The van der Waals surface area contributed by atoms with Crippen molar-refractivity contribution in [1.82, 2.24) is 20.2 Å². The third-order valence-electron chi connectivity index (χ3n) is 5.20. The highest BCUT2D eigenvalue weighted by molar-refractivity contribution is 7.14. The molecule has 2 fully saturated rings. The van der Waals surface area contributed by atoms with Crippen molar-refractivity contribution in [2.45, 2.75) is 44.1 Å². The highest BCUT2D eigenvalue weighted by atomic mass is 32.1. The Bertz CT molecular complexity index is 892. The van der Waals surface area contributed by atoms with Crippen LogP contribution in [0.5, 0.6) is 0 Å². The first-order valence-electron chi connectivity index (χ1n) is 9.37. The van der Waals surface area contributed by atoms with E-state index < -0.39 is 5.54 Å². The number of thiazole rings is 1. The molecule has 2 aromatic rings. The number of nitrogens with zero attached hydrogens (tertiary/aromatic N) is 3. The van der Waals surface area contributed by atoms with Crippen LogP contribution >= 0.6 is 11.3 Å². The lowest BCUT2D eigenvalue weighted by atomic mass is 9.98. The standard InChI is InChI=1S/C19H21N5O3S/c25-15(22-17-21-14(12-28-17)13-5-3-9-20-11-13)6-4-10-24-16(26)19(23-18(24)27)7-1-2-8-19/h3,5,9,11-12H,1-2,4,6-8,10H2,(H,23,27)(H,21,22,25). The summed E-state index contributed by atoms with van der Waals surface area (Å²) in [5.41, 5.74) is 0.955. The molecule has 0 atom stereocenters. The molecular formula is C19H21N5O3S.